The topological polar surface area (TPSA) is 58.2 Å². The molecule has 0 unspecified atom stereocenters. The zero-order valence-corrected chi connectivity index (χ0v) is 12.4. The van der Waals surface area contributed by atoms with Crippen molar-refractivity contribution >= 4 is 27.7 Å². The Labute approximate surface area is 119 Å². The quantitative estimate of drug-likeness (QED) is 0.869. The van der Waals surface area contributed by atoms with Gasteiger partial charge in [0.2, 0.25) is 5.91 Å². The van der Waals surface area contributed by atoms with Crippen LogP contribution in [0.3, 0.4) is 0 Å². The van der Waals surface area contributed by atoms with E-state index in [-0.39, 0.29) is 30.5 Å². The second kappa shape index (κ2) is 7.23. The van der Waals surface area contributed by atoms with Crippen molar-refractivity contribution in [2.75, 3.05) is 6.54 Å². The molecule has 0 radical (unpaired) electrons. The number of hydrogen-bond acceptors (Lipinski definition) is 2. The molecule has 1 aromatic rings. The van der Waals surface area contributed by atoms with Gasteiger partial charge in [0.1, 0.15) is 5.82 Å². The van der Waals surface area contributed by atoms with E-state index < -0.39 is 11.7 Å². The molecule has 0 saturated carbocycles. The number of carbonyl (C=O) groups is 2. The summed E-state index contributed by atoms with van der Waals surface area (Å²) in [6.45, 7) is 3.87. The van der Waals surface area contributed by atoms with E-state index in [4.69, 9.17) is 0 Å². The van der Waals surface area contributed by atoms with Crippen molar-refractivity contribution in [1.29, 1.82) is 0 Å². The van der Waals surface area contributed by atoms with Crippen molar-refractivity contribution in [1.82, 2.24) is 10.6 Å². The summed E-state index contributed by atoms with van der Waals surface area (Å²) in [5.41, 5.74) is -0.0493. The lowest BCUT2D eigenvalue weighted by molar-refractivity contribution is -0.121. The maximum atomic E-state index is 13.5. The van der Waals surface area contributed by atoms with Crippen molar-refractivity contribution in [3.63, 3.8) is 0 Å². The third kappa shape index (κ3) is 4.98. The minimum Gasteiger partial charge on any atom is -0.354 e. The van der Waals surface area contributed by atoms with Crippen LogP contribution in [0.5, 0.6) is 0 Å². The molecule has 0 aromatic heterocycles. The van der Waals surface area contributed by atoms with Gasteiger partial charge in [-0.05, 0) is 41.9 Å². The number of halogens is 2. The Morgan fingerprint density at radius 2 is 2.05 bits per heavy atom. The average molecular weight is 331 g/mol. The minimum absolute atomic E-state index is 0.0493. The molecule has 2 amide bonds. The monoisotopic (exact) mass is 330 g/mol. The molecule has 0 fully saturated rings. The number of benzene rings is 1. The molecule has 19 heavy (non-hydrogen) atoms. The summed E-state index contributed by atoms with van der Waals surface area (Å²) in [6.07, 6.45) is 0.163. The Kier molecular flexibility index (Phi) is 5.95. The third-order valence-electron chi connectivity index (χ3n) is 2.28. The van der Waals surface area contributed by atoms with Crippen LogP contribution in [0, 0.1) is 5.82 Å². The maximum absolute atomic E-state index is 13.5. The standard InChI is InChI=1S/C13H16BrFN2O2/c1-8(2)17-11(18)6-7-16-13(19)12-9(14)4-3-5-10(12)15/h3-5,8H,6-7H2,1-2H3,(H,16,19)(H,17,18). The Balaban J connectivity index is 2.50. The van der Waals surface area contributed by atoms with E-state index in [0.717, 1.165) is 0 Å². The number of amides is 2. The molecule has 1 aromatic carbocycles. The van der Waals surface area contributed by atoms with Gasteiger partial charge in [0.05, 0.1) is 5.56 Å². The first-order valence-corrected chi connectivity index (χ1v) is 6.72. The van der Waals surface area contributed by atoms with Gasteiger partial charge < -0.3 is 10.6 Å². The van der Waals surface area contributed by atoms with Crippen LogP contribution in [0.15, 0.2) is 22.7 Å². The zero-order valence-electron chi connectivity index (χ0n) is 10.8. The highest BCUT2D eigenvalue weighted by molar-refractivity contribution is 9.10. The van der Waals surface area contributed by atoms with Gasteiger partial charge in [0.25, 0.3) is 5.91 Å². The Hall–Kier alpha value is -1.43. The fraction of sp³-hybridized carbons (Fsp3) is 0.385. The predicted octanol–water partition coefficient (Wildman–Crippen LogP) is 2.23. The summed E-state index contributed by atoms with van der Waals surface area (Å²) in [6, 6.07) is 4.37. The van der Waals surface area contributed by atoms with Crippen molar-refractivity contribution in [3.8, 4) is 0 Å². The van der Waals surface area contributed by atoms with E-state index >= 15 is 0 Å². The molecule has 0 heterocycles. The molecule has 0 aliphatic heterocycles. The van der Waals surface area contributed by atoms with Crippen LogP contribution in [0.4, 0.5) is 4.39 Å². The normalized spacial score (nSPS) is 10.4. The van der Waals surface area contributed by atoms with Gasteiger partial charge >= 0.3 is 0 Å². The lowest BCUT2D eigenvalue weighted by Crippen LogP contribution is -2.34. The summed E-state index contributed by atoms with van der Waals surface area (Å²) >= 11 is 3.12. The van der Waals surface area contributed by atoms with Crippen LogP contribution >= 0.6 is 15.9 Å². The number of rotatable bonds is 5. The molecule has 0 aliphatic rings. The van der Waals surface area contributed by atoms with Gasteiger partial charge in [-0.25, -0.2) is 4.39 Å². The largest absolute Gasteiger partial charge is 0.354 e. The number of hydrogen-bond donors (Lipinski definition) is 2. The second-order valence-electron chi connectivity index (χ2n) is 4.32. The molecule has 0 spiro atoms. The SMILES string of the molecule is CC(C)NC(=O)CCNC(=O)c1c(F)cccc1Br. The molecule has 0 bridgehead atoms. The first-order valence-electron chi connectivity index (χ1n) is 5.93. The molecule has 2 N–H and O–H groups in total. The summed E-state index contributed by atoms with van der Waals surface area (Å²) in [7, 11) is 0. The highest BCUT2D eigenvalue weighted by Gasteiger charge is 2.15. The molecule has 4 nitrogen and oxygen atoms in total. The van der Waals surface area contributed by atoms with Crippen molar-refractivity contribution < 1.29 is 14.0 Å². The van der Waals surface area contributed by atoms with E-state index in [1.807, 2.05) is 13.8 Å². The molecular weight excluding hydrogens is 315 g/mol. The highest BCUT2D eigenvalue weighted by Crippen LogP contribution is 2.19. The number of carbonyl (C=O) groups excluding carboxylic acids is 2. The molecule has 6 heteroatoms. The van der Waals surface area contributed by atoms with Gasteiger partial charge in [-0.1, -0.05) is 6.07 Å². The summed E-state index contributed by atoms with van der Waals surface area (Å²) in [4.78, 5) is 23.1. The predicted molar refractivity (Wildman–Crippen MR) is 74.3 cm³/mol. The maximum Gasteiger partial charge on any atom is 0.255 e. The van der Waals surface area contributed by atoms with Gasteiger partial charge in [-0.3, -0.25) is 9.59 Å². The first kappa shape index (κ1) is 15.6. The van der Waals surface area contributed by atoms with E-state index in [0.29, 0.717) is 4.47 Å². The van der Waals surface area contributed by atoms with E-state index in [1.165, 1.54) is 12.1 Å². The van der Waals surface area contributed by atoms with Crippen molar-refractivity contribution in [2.45, 2.75) is 26.3 Å². The average Bonchev–Trinajstić information content (AvgIpc) is 2.27. The lowest BCUT2D eigenvalue weighted by atomic mass is 10.2. The molecule has 104 valence electrons. The lowest BCUT2D eigenvalue weighted by Gasteiger charge is -2.10. The van der Waals surface area contributed by atoms with Gasteiger partial charge in [0, 0.05) is 23.5 Å². The van der Waals surface area contributed by atoms with Crippen LogP contribution in [-0.2, 0) is 4.79 Å². The van der Waals surface area contributed by atoms with Crippen LogP contribution in [0.1, 0.15) is 30.6 Å². The van der Waals surface area contributed by atoms with Crippen molar-refractivity contribution in [3.05, 3.63) is 34.1 Å². The molecular formula is C13H16BrFN2O2. The van der Waals surface area contributed by atoms with Crippen LogP contribution in [0.2, 0.25) is 0 Å². The second-order valence-corrected chi connectivity index (χ2v) is 5.18. The van der Waals surface area contributed by atoms with Crippen LogP contribution < -0.4 is 10.6 Å². The Morgan fingerprint density at radius 1 is 1.37 bits per heavy atom. The summed E-state index contributed by atoms with van der Waals surface area (Å²) in [5, 5.41) is 5.22. The Bertz CT molecular complexity index is 457. The van der Waals surface area contributed by atoms with E-state index in [1.54, 1.807) is 6.07 Å². The van der Waals surface area contributed by atoms with Gasteiger partial charge in [-0.15, -0.1) is 0 Å². The molecule has 0 atom stereocenters. The van der Waals surface area contributed by atoms with E-state index in [2.05, 4.69) is 26.6 Å². The minimum atomic E-state index is -0.599. The smallest absolute Gasteiger partial charge is 0.255 e. The number of nitrogens with one attached hydrogen (secondary N) is 2. The molecule has 0 aliphatic carbocycles. The van der Waals surface area contributed by atoms with E-state index in [9.17, 15) is 14.0 Å². The molecule has 0 saturated heterocycles. The first-order chi connectivity index (χ1) is 8.91. The zero-order chi connectivity index (χ0) is 14.4. The van der Waals surface area contributed by atoms with Crippen molar-refractivity contribution in [2.24, 2.45) is 0 Å². The highest BCUT2D eigenvalue weighted by atomic mass is 79.9. The Morgan fingerprint density at radius 3 is 2.63 bits per heavy atom. The third-order valence-corrected chi connectivity index (χ3v) is 2.94. The fourth-order valence-electron chi connectivity index (χ4n) is 1.49. The van der Waals surface area contributed by atoms with Crippen LogP contribution in [0.25, 0.3) is 0 Å². The molecule has 1 rings (SSSR count). The summed E-state index contributed by atoms with van der Waals surface area (Å²) < 4.78 is 13.9. The van der Waals surface area contributed by atoms with Gasteiger partial charge in [-0.2, -0.15) is 0 Å². The van der Waals surface area contributed by atoms with Crippen LogP contribution in [-0.4, -0.2) is 24.4 Å². The summed E-state index contributed by atoms with van der Waals surface area (Å²) in [5.74, 6) is -1.29. The van der Waals surface area contributed by atoms with Gasteiger partial charge in [0.15, 0.2) is 0 Å². The fourth-order valence-corrected chi connectivity index (χ4v) is 2.01.